The van der Waals surface area contributed by atoms with Crippen LogP contribution in [-0.4, -0.2) is 15.6 Å². The number of amides is 1. The average Bonchev–Trinajstić information content (AvgIpc) is 2.62. The average molecular weight is 207 g/mol. The maximum atomic E-state index is 11.3. The number of hydrogen-bond donors (Lipinski definition) is 2. The van der Waals surface area contributed by atoms with Crippen molar-refractivity contribution in [3.8, 4) is 0 Å². The van der Waals surface area contributed by atoms with Crippen molar-refractivity contribution in [2.75, 3.05) is 0 Å². The molecule has 2 rings (SSSR count). The summed E-state index contributed by atoms with van der Waals surface area (Å²) >= 11 is 4.81. The monoisotopic (exact) mass is 207 g/mol. The van der Waals surface area contributed by atoms with E-state index in [0.29, 0.717) is 10.8 Å². The number of nitrogens with one attached hydrogen (secondary N) is 2. The van der Waals surface area contributed by atoms with Gasteiger partial charge in [0.25, 0.3) is 5.91 Å². The van der Waals surface area contributed by atoms with E-state index in [-0.39, 0.29) is 5.91 Å². The van der Waals surface area contributed by atoms with Crippen LogP contribution in [0.2, 0.25) is 0 Å². The summed E-state index contributed by atoms with van der Waals surface area (Å²) in [5, 5.41) is 5.65. The molecule has 2 N–H and O–H groups in total. The summed E-state index contributed by atoms with van der Waals surface area (Å²) in [6, 6.07) is 3.83. The Balaban J connectivity index is 2.32. The molecule has 0 aromatic carbocycles. The molecule has 2 heterocycles. The predicted octanol–water partition coefficient (Wildman–Crippen LogP) is 0.370. The van der Waals surface area contributed by atoms with Gasteiger partial charge >= 0.3 is 0 Å². The molecule has 1 amide bonds. The van der Waals surface area contributed by atoms with Gasteiger partial charge in [0.1, 0.15) is 5.70 Å². The lowest BCUT2D eigenvalue weighted by molar-refractivity contribution is -0.115. The van der Waals surface area contributed by atoms with Crippen LogP contribution in [0, 0.1) is 0 Å². The highest BCUT2D eigenvalue weighted by atomic mass is 32.1. The summed E-state index contributed by atoms with van der Waals surface area (Å²) in [5.74, 6) is -0.184. The number of aromatic nitrogens is 1. The zero-order valence-electron chi connectivity index (χ0n) is 7.57. The van der Waals surface area contributed by atoms with Crippen molar-refractivity contribution in [2.45, 2.75) is 0 Å². The third-order valence-electron chi connectivity index (χ3n) is 2.00. The number of thiocarbonyl (C=S) groups is 1. The van der Waals surface area contributed by atoms with Crippen LogP contribution in [0.15, 0.2) is 24.0 Å². The van der Waals surface area contributed by atoms with Crippen LogP contribution in [0.3, 0.4) is 0 Å². The molecule has 1 aliphatic rings. The highest BCUT2D eigenvalue weighted by Gasteiger charge is 2.19. The minimum absolute atomic E-state index is 0.184. The number of aryl methyl sites for hydroxylation is 1. The van der Waals surface area contributed by atoms with Crippen molar-refractivity contribution in [1.29, 1.82) is 0 Å². The Labute approximate surface area is 86.6 Å². The first-order chi connectivity index (χ1) is 6.66. The molecule has 1 fully saturated rings. The molecule has 0 unspecified atom stereocenters. The molecule has 14 heavy (non-hydrogen) atoms. The highest BCUT2D eigenvalue weighted by molar-refractivity contribution is 7.80. The van der Waals surface area contributed by atoms with Crippen molar-refractivity contribution in [3.63, 3.8) is 0 Å². The third kappa shape index (κ3) is 1.54. The molecule has 1 aromatic rings. The first-order valence-electron chi connectivity index (χ1n) is 4.12. The molecule has 0 atom stereocenters. The van der Waals surface area contributed by atoms with Gasteiger partial charge in [0.2, 0.25) is 0 Å². The van der Waals surface area contributed by atoms with E-state index in [1.165, 1.54) is 0 Å². The molecule has 1 aromatic heterocycles. The Morgan fingerprint density at radius 1 is 1.50 bits per heavy atom. The summed E-state index contributed by atoms with van der Waals surface area (Å²) in [6.45, 7) is 0. The van der Waals surface area contributed by atoms with Gasteiger partial charge in [-0.25, -0.2) is 0 Å². The van der Waals surface area contributed by atoms with Crippen LogP contribution in [-0.2, 0) is 11.8 Å². The van der Waals surface area contributed by atoms with Gasteiger partial charge in [-0.2, -0.15) is 0 Å². The molecule has 1 saturated heterocycles. The molecule has 5 heteroatoms. The van der Waals surface area contributed by atoms with Crippen molar-refractivity contribution in [1.82, 2.24) is 15.2 Å². The molecule has 0 saturated carbocycles. The fraction of sp³-hybridized carbons (Fsp3) is 0.111. The zero-order valence-corrected chi connectivity index (χ0v) is 8.39. The Bertz CT molecular complexity index is 433. The Morgan fingerprint density at radius 3 is 2.79 bits per heavy atom. The second-order valence-electron chi connectivity index (χ2n) is 3.01. The van der Waals surface area contributed by atoms with Gasteiger partial charge in [0.05, 0.1) is 0 Å². The lowest BCUT2D eigenvalue weighted by Gasteiger charge is -1.97. The van der Waals surface area contributed by atoms with E-state index in [0.717, 1.165) is 5.69 Å². The zero-order chi connectivity index (χ0) is 10.1. The number of carbonyl (C=O) groups is 1. The number of carbonyl (C=O) groups excluding carboxylic acids is 1. The minimum atomic E-state index is -0.184. The van der Waals surface area contributed by atoms with Gasteiger partial charge in [-0.1, -0.05) is 0 Å². The van der Waals surface area contributed by atoms with Crippen LogP contribution >= 0.6 is 12.2 Å². The van der Waals surface area contributed by atoms with Gasteiger partial charge in [-0.15, -0.1) is 0 Å². The Hall–Kier alpha value is -1.62. The topological polar surface area (TPSA) is 46.1 Å². The maximum Gasteiger partial charge on any atom is 0.273 e. The van der Waals surface area contributed by atoms with Crippen molar-refractivity contribution < 1.29 is 4.79 Å². The summed E-state index contributed by atoms with van der Waals surface area (Å²) in [6.07, 6.45) is 3.67. The molecule has 0 radical (unpaired) electrons. The quantitative estimate of drug-likeness (QED) is 0.516. The van der Waals surface area contributed by atoms with Crippen LogP contribution in [0.25, 0.3) is 6.08 Å². The van der Waals surface area contributed by atoms with E-state index in [9.17, 15) is 4.79 Å². The second kappa shape index (κ2) is 3.26. The minimum Gasteiger partial charge on any atom is -0.351 e. The van der Waals surface area contributed by atoms with Crippen LogP contribution in [0.1, 0.15) is 5.69 Å². The van der Waals surface area contributed by atoms with Crippen LogP contribution < -0.4 is 10.6 Å². The first-order valence-corrected chi connectivity index (χ1v) is 4.53. The Morgan fingerprint density at radius 2 is 2.29 bits per heavy atom. The molecule has 72 valence electrons. The van der Waals surface area contributed by atoms with E-state index in [4.69, 9.17) is 12.2 Å². The normalized spacial score (nSPS) is 18.5. The first kappa shape index (κ1) is 8.96. The van der Waals surface area contributed by atoms with Crippen LogP contribution in [0.4, 0.5) is 0 Å². The maximum absolute atomic E-state index is 11.3. The van der Waals surface area contributed by atoms with Gasteiger partial charge in [-0.05, 0) is 30.4 Å². The predicted molar refractivity (Wildman–Crippen MR) is 57.3 cm³/mol. The fourth-order valence-electron chi connectivity index (χ4n) is 1.25. The largest absolute Gasteiger partial charge is 0.351 e. The van der Waals surface area contributed by atoms with Crippen LogP contribution in [0.5, 0.6) is 0 Å². The van der Waals surface area contributed by atoms with Crippen molar-refractivity contribution in [2.24, 2.45) is 7.05 Å². The number of rotatable bonds is 1. The van der Waals surface area contributed by atoms with E-state index in [2.05, 4.69) is 10.6 Å². The summed E-state index contributed by atoms with van der Waals surface area (Å²) in [7, 11) is 1.91. The summed E-state index contributed by atoms with van der Waals surface area (Å²) in [4.78, 5) is 11.3. The van der Waals surface area contributed by atoms with Crippen molar-refractivity contribution >= 4 is 29.3 Å². The second-order valence-corrected chi connectivity index (χ2v) is 3.42. The molecular formula is C9H9N3OS. The van der Waals surface area contributed by atoms with Gasteiger partial charge < -0.3 is 9.88 Å². The SMILES string of the molecule is Cn1cccc1/C=C1\NC(=S)NC1=O. The standard InChI is InChI=1S/C9H9N3OS/c1-12-4-2-3-6(12)5-7-8(13)11-9(14)10-7/h2-5H,1H3,(H2,10,11,13,14)/b7-5-. The number of hydrogen-bond acceptors (Lipinski definition) is 2. The summed E-state index contributed by atoms with van der Waals surface area (Å²) in [5.41, 5.74) is 1.43. The van der Waals surface area contributed by atoms with E-state index in [1.807, 2.05) is 29.9 Å². The van der Waals surface area contributed by atoms with E-state index >= 15 is 0 Å². The van der Waals surface area contributed by atoms with Gasteiger partial charge in [0.15, 0.2) is 5.11 Å². The molecule has 4 nitrogen and oxygen atoms in total. The molecule has 0 spiro atoms. The smallest absolute Gasteiger partial charge is 0.273 e. The highest BCUT2D eigenvalue weighted by Crippen LogP contribution is 2.07. The third-order valence-corrected chi connectivity index (χ3v) is 2.20. The molecule has 0 bridgehead atoms. The lowest BCUT2D eigenvalue weighted by atomic mass is 10.3. The van der Waals surface area contributed by atoms with Crippen molar-refractivity contribution in [3.05, 3.63) is 29.7 Å². The van der Waals surface area contributed by atoms with Gasteiger partial charge in [0, 0.05) is 18.9 Å². The molecule has 1 aliphatic heterocycles. The molecule has 0 aliphatic carbocycles. The fourth-order valence-corrected chi connectivity index (χ4v) is 1.46. The van der Waals surface area contributed by atoms with Gasteiger partial charge in [-0.3, -0.25) is 10.1 Å². The number of nitrogens with zero attached hydrogens (tertiary/aromatic N) is 1. The summed E-state index contributed by atoms with van der Waals surface area (Å²) < 4.78 is 1.92. The molecular weight excluding hydrogens is 198 g/mol. The lowest BCUT2D eigenvalue weighted by Crippen LogP contribution is -2.21. The Kier molecular flexibility index (Phi) is 2.09. The van der Waals surface area contributed by atoms with E-state index < -0.39 is 0 Å². The van der Waals surface area contributed by atoms with E-state index in [1.54, 1.807) is 6.08 Å².